The van der Waals surface area contributed by atoms with Crippen LogP contribution in [0.25, 0.3) is 0 Å². The number of allylic oxidation sites excluding steroid dienone is 1. The maximum atomic E-state index is 9.74. The van der Waals surface area contributed by atoms with E-state index in [1.165, 1.54) is 11.8 Å². The highest BCUT2D eigenvalue weighted by molar-refractivity contribution is 6.08. The summed E-state index contributed by atoms with van der Waals surface area (Å²) in [4.78, 5) is 12.0. The van der Waals surface area contributed by atoms with Gasteiger partial charge in [-0.1, -0.05) is 43.8 Å². The number of aromatic nitrogens is 1. The Balaban J connectivity index is 1.59. The maximum absolute atomic E-state index is 9.74. The van der Waals surface area contributed by atoms with E-state index in [0.717, 1.165) is 37.4 Å². The van der Waals surface area contributed by atoms with Crippen molar-refractivity contribution in [2.45, 2.75) is 25.3 Å². The van der Waals surface area contributed by atoms with Crippen LogP contribution in [0, 0.1) is 22.7 Å². The predicted molar refractivity (Wildman–Crippen MR) is 158 cm³/mol. The minimum atomic E-state index is -0.432. The number of rotatable bonds is 13. The van der Waals surface area contributed by atoms with Crippen molar-refractivity contribution in [2.75, 3.05) is 31.6 Å². The summed E-state index contributed by atoms with van der Waals surface area (Å²) in [5.74, 6) is 0.870. The van der Waals surface area contributed by atoms with Crippen LogP contribution in [-0.4, -0.2) is 60.9 Å². The molecule has 0 radical (unpaired) electrons. The van der Waals surface area contributed by atoms with Crippen molar-refractivity contribution in [1.29, 1.82) is 10.7 Å². The van der Waals surface area contributed by atoms with E-state index in [2.05, 4.69) is 64.5 Å². The van der Waals surface area contributed by atoms with Crippen molar-refractivity contribution in [2.24, 2.45) is 16.0 Å². The molecule has 0 fully saturated rings. The third-order valence-electron chi connectivity index (χ3n) is 6.90. The van der Waals surface area contributed by atoms with Gasteiger partial charge in [0.15, 0.2) is 0 Å². The van der Waals surface area contributed by atoms with Crippen molar-refractivity contribution in [3.63, 3.8) is 0 Å². The molecule has 2 aliphatic rings. The third-order valence-corrected chi connectivity index (χ3v) is 6.90. The Bertz CT molecular complexity index is 1300. The molecule has 39 heavy (non-hydrogen) atoms. The highest BCUT2D eigenvalue weighted by Crippen LogP contribution is 2.30. The molecule has 3 unspecified atom stereocenters. The van der Waals surface area contributed by atoms with Gasteiger partial charge in [0.05, 0.1) is 23.7 Å². The van der Waals surface area contributed by atoms with E-state index in [-0.39, 0.29) is 6.04 Å². The predicted octanol–water partition coefficient (Wildman–Crippen LogP) is 4.02. The SMILES string of the molecule is C=CNCCN(CCC(C)c1ccccc1)c1ccc(C2=NC(/C(C=N)=C/NC)=CN3N=CC(C#N)C23)cn1. The van der Waals surface area contributed by atoms with Gasteiger partial charge in [-0.25, -0.2) is 9.98 Å². The van der Waals surface area contributed by atoms with E-state index in [1.54, 1.807) is 36.9 Å². The number of nitrogens with zero attached hydrogens (tertiary/aromatic N) is 6. The van der Waals surface area contributed by atoms with Crippen molar-refractivity contribution in [1.82, 2.24) is 20.6 Å². The molecule has 0 saturated carbocycles. The highest BCUT2D eigenvalue weighted by atomic mass is 15.5. The van der Waals surface area contributed by atoms with Gasteiger partial charge in [0, 0.05) is 62.6 Å². The van der Waals surface area contributed by atoms with E-state index in [4.69, 9.17) is 15.4 Å². The van der Waals surface area contributed by atoms with Gasteiger partial charge in [0.25, 0.3) is 0 Å². The Hall–Kier alpha value is -4.71. The fraction of sp³-hybridized carbons (Fsp3) is 0.300. The molecule has 1 aromatic carbocycles. The summed E-state index contributed by atoms with van der Waals surface area (Å²) >= 11 is 0. The molecule has 200 valence electrons. The first-order valence-electron chi connectivity index (χ1n) is 13.1. The lowest BCUT2D eigenvalue weighted by molar-refractivity contribution is 0.361. The molecule has 0 amide bonds. The molecule has 0 bridgehead atoms. The van der Waals surface area contributed by atoms with Crippen LogP contribution in [0.3, 0.4) is 0 Å². The number of aliphatic imine (C=N–C) groups is 1. The van der Waals surface area contributed by atoms with Crippen LogP contribution in [0.15, 0.2) is 95.2 Å². The van der Waals surface area contributed by atoms with Gasteiger partial charge >= 0.3 is 0 Å². The molecule has 9 heteroatoms. The smallest absolute Gasteiger partial charge is 0.128 e. The van der Waals surface area contributed by atoms with Crippen molar-refractivity contribution >= 4 is 24.0 Å². The molecule has 3 atom stereocenters. The summed E-state index contributed by atoms with van der Waals surface area (Å²) < 4.78 is 0. The molecule has 1 aromatic heterocycles. The lowest BCUT2D eigenvalue weighted by Crippen LogP contribution is -2.39. The second-order valence-corrected chi connectivity index (χ2v) is 9.44. The molecule has 4 rings (SSSR count). The molecule has 0 aliphatic carbocycles. The van der Waals surface area contributed by atoms with Crippen LogP contribution in [0.2, 0.25) is 0 Å². The lowest BCUT2D eigenvalue weighted by Gasteiger charge is -2.29. The molecule has 0 spiro atoms. The van der Waals surface area contributed by atoms with Crippen LogP contribution in [0.1, 0.15) is 30.4 Å². The Kier molecular flexibility index (Phi) is 9.25. The summed E-state index contributed by atoms with van der Waals surface area (Å²) in [6.45, 7) is 8.41. The van der Waals surface area contributed by atoms with Crippen LogP contribution in [0.5, 0.6) is 0 Å². The number of anilines is 1. The summed E-state index contributed by atoms with van der Waals surface area (Å²) in [6.07, 6.45) is 10.9. The van der Waals surface area contributed by atoms with E-state index in [9.17, 15) is 5.26 Å². The number of benzene rings is 1. The van der Waals surface area contributed by atoms with Crippen molar-refractivity contribution in [3.05, 3.63) is 96.2 Å². The first-order valence-corrected chi connectivity index (χ1v) is 13.1. The van der Waals surface area contributed by atoms with Gasteiger partial charge in [0.2, 0.25) is 0 Å². The molecule has 2 aromatic rings. The number of hydrogen-bond acceptors (Lipinski definition) is 9. The Morgan fingerprint density at radius 2 is 2.08 bits per heavy atom. The molecular formula is C30H35N9. The standard InChI is InChI=1S/C30H35N9/c1-4-34-13-15-38(14-12-22(2)23-8-6-5-7-9-23)28-11-10-24(19-35-28)29-30-26(17-32)20-36-39(30)21-27(37-29)25(16-31)18-33-3/h4-11,16,18-22,26,30-31,33-34H,1,12-15H2,2-3H3/b25-18+,31-16?. The summed E-state index contributed by atoms with van der Waals surface area (Å²) in [6, 6.07) is 16.6. The zero-order chi connectivity index (χ0) is 27.6. The number of fused-ring (bicyclic) bond motifs is 1. The largest absolute Gasteiger partial charge is 0.393 e. The minimum absolute atomic E-state index is 0.340. The first kappa shape index (κ1) is 27.3. The molecule has 3 N–H and O–H groups in total. The second kappa shape index (κ2) is 13.2. The summed E-state index contributed by atoms with van der Waals surface area (Å²) in [7, 11) is 1.78. The zero-order valence-electron chi connectivity index (χ0n) is 22.5. The van der Waals surface area contributed by atoms with E-state index in [1.807, 2.05) is 24.4 Å². The topological polar surface area (TPSA) is 116 Å². The third kappa shape index (κ3) is 6.41. The first-order chi connectivity index (χ1) is 19.1. The van der Waals surface area contributed by atoms with Gasteiger partial charge in [-0.05, 0) is 36.2 Å². The van der Waals surface area contributed by atoms with Crippen molar-refractivity contribution in [3.8, 4) is 6.07 Å². The van der Waals surface area contributed by atoms with E-state index >= 15 is 0 Å². The Labute approximate surface area is 230 Å². The molecule has 2 aliphatic heterocycles. The minimum Gasteiger partial charge on any atom is -0.393 e. The van der Waals surface area contributed by atoms with Gasteiger partial charge < -0.3 is 20.9 Å². The Morgan fingerprint density at radius 3 is 2.74 bits per heavy atom. The van der Waals surface area contributed by atoms with Crippen molar-refractivity contribution < 1.29 is 0 Å². The number of pyridine rings is 1. The van der Waals surface area contributed by atoms with Crippen LogP contribution in [0.4, 0.5) is 5.82 Å². The van der Waals surface area contributed by atoms with Crippen LogP contribution >= 0.6 is 0 Å². The number of hydrogen-bond donors (Lipinski definition) is 3. The van der Waals surface area contributed by atoms with Crippen LogP contribution in [-0.2, 0) is 0 Å². The average Bonchev–Trinajstić information content (AvgIpc) is 3.41. The van der Waals surface area contributed by atoms with Gasteiger partial charge in [0.1, 0.15) is 17.8 Å². The van der Waals surface area contributed by atoms with Crippen LogP contribution < -0.4 is 15.5 Å². The maximum Gasteiger partial charge on any atom is 0.128 e. The second-order valence-electron chi connectivity index (χ2n) is 9.44. The van der Waals surface area contributed by atoms with E-state index in [0.29, 0.717) is 22.9 Å². The number of nitriles is 1. The van der Waals surface area contributed by atoms with E-state index < -0.39 is 5.92 Å². The van der Waals surface area contributed by atoms with Gasteiger partial charge in [-0.3, -0.25) is 5.01 Å². The fourth-order valence-corrected chi connectivity index (χ4v) is 4.71. The highest BCUT2D eigenvalue weighted by Gasteiger charge is 2.38. The number of nitrogens with one attached hydrogen (secondary N) is 3. The summed E-state index contributed by atoms with van der Waals surface area (Å²) in [5.41, 5.74) is 4.06. The zero-order valence-corrected chi connectivity index (χ0v) is 22.5. The van der Waals surface area contributed by atoms with Gasteiger partial charge in [-0.2, -0.15) is 10.4 Å². The fourth-order valence-electron chi connectivity index (χ4n) is 4.71. The molecular weight excluding hydrogens is 486 g/mol. The molecule has 0 saturated heterocycles. The lowest BCUT2D eigenvalue weighted by atomic mass is 9.93. The molecule has 9 nitrogen and oxygen atoms in total. The Morgan fingerprint density at radius 1 is 1.26 bits per heavy atom. The quantitative estimate of drug-likeness (QED) is 0.271. The van der Waals surface area contributed by atoms with Gasteiger partial charge in [-0.15, -0.1) is 0 Å². The normalized spacial score (nSPS) is 18.8. The average molecular weight is 522 g/mol. The molecule has 3 heterocycles. The summed E-state index contributed by atoms with van der Waals surface area (Å²) in [5, 5.41) is 29.9. The number of hydrazone groups is 1. The monoisotopic (exact) mass is 521 g/mol.